The van der Waals surface area contributed by atoms with Crippen LogP contribution in [0.4, 0.5) is 0 Å². The second-order valence-corrected chi connectivity index (χ2v) is 8.68. The standard InChI is InChI=1S/C17H23NO3S/c1-16(2,3)22-11-17(15(21)18-10-14(19)20)8-12-6-4-5-7-13(12)9-17/h4-7H,8-11H2,1-3H3,(H,18,21)(H,19,20). The third-order valence-corrected chi connectivity index (χ3v) is 5.40. The van der Waals surface area contributed by atoms with Crippen LogP contribution in [0.15, 0.2) is 24.3 Å². The van der Waals surface area contributed by atoms with E-state index >= 15 is 0 Å². The molecule has 0 saturated heterocycles. The molecule has 0 aromatic heterocycles. The van der Waals surface area contributed by atoms with E-state index in [4.69, 9.17) is 5.11 Å². The Kier molecular flexibility index (Phi) is 4.85. The maximum Gasteiger partial charge on any atom is 0.322 e. The van der Waals surface area contributed by atoms with Crippen molar-refractivity contribution in [1.29, 1.82) is 0 Å². The lowest BCUT2D eigenvalue weighted by Crippen LogP contribution is -2.45. The molecule has 5 heteroatoms. The minimum atomic E-state index is -1.01. The third kappa shape index (κ3) is 4.03. The largest absolute Gasteiger partial charge is 0.480 e. The number of nitrogens with one attached hydrogen (secondary N) is 1. The van der Waals surface area contributed by atoms with Gasteiger partial charge in [-0.2, -0.15) is 11.8 Å². The highest BCUT2D eigenvalue weighted by atomic mass is 32.2. The molecule has 0 unspecified atom stereocenters. The summed E-state index contributed by atoms with van der Waals surface area (Å²) in [4.78, 5) is 23.4. The van der Waals surface area contributed by atoms with Crippen LogP contribution in [0, 0.1) is 5.41 Å². The molecule has 120 valence electrons. The van der Waals surface area contributed by atoms with Crippen LogP contribution in [0.2, 0.25) is 0 Å². The highest BCUT2D eigenvalue weighted by Gasteiger charge is 2.44. The molecule has 0 aliphatic heterocycles. The lowest BCUT2D eigenvalue weighted by Gasteiger charge is -2.30. The van der Waals surface area contributed by atoms with Crippen molar-refractivity contribution in [2.24, 2.45) is 5.41 Å². The van der Waals surface area contributed by atoms with Gasteiger partial charge >= 0.3 is 5.97 Å². The number of carbonyl (C=O) groups is 2. The van der Waals surface area contributed by atoms with Crippen molar-refractivity contribution < 1.29 is 14.7 Å². The van der Waals surface area contributed by atoms with Crippen LogP contribution >= 0.6 is 11.8 Å². The van der Waals surface area contributed by atoms with E-state index in [0.717, 1.165) is 0 Å². The van der Waals surface area contributed by atoms with Gasteiger partial charge in [0.05, 0.1) is 5.41 Å². The summed E-state index contributed by atoms with van der Waals surface area (Å²) in [6.07, 6.45) is 1.36. The lowest BCUT2D eigenvalue weighted by atomic mass is 9.86. The Labute approximate surface area is 135 Å². The maximum atomic E-state index is 12.7. The van der Waals surface area contributed by atoms with Gasteiger partial charge in [-0.1, -0.05) is 45.0 Å². The topological polar surface area (TPSA) is 66.4 Å². The smallest absolute Gasteiger partial charge is 0.322 e. The Morgan fingerprint density at radius 3 is 2.23 bits per heavy atom. The van der Waals surface area contributed by atoms with E-state index in [1.807, 2.05) is 12.1 Å². The van der Waals surface area contributed by atoms with Gasteiger partial charge in [-0.25, -0.2) is 0 Å². The zero-order valence-electron chi connectivity index (χ0n) is 13.3. The molecule has 1 amide bonds. The second-order valence-electron chi connectivity index (χ2n) is 6.88. The molecule has 1 aliphatic carbocycles. The molecule has 4 nitrogen and oxygen atoms in total. The van der Waals surface area contributed by atoms with Gasteiger partial charge in [0.1, 0.15) is 6.54 Å². The minimum absolute atomic E-state index is 0.0643. The lowest BCUT2D eigenvalue weighted by molar-refractivity contribution is -0.139. The first-order chi connectivity index (χ1) is 10.2. The van der Waals surface area contributed by atoms with Crippen LogP contribution in [0.3, 0.4) is 0 Å². The molecular formula is C17H23NO3S. The molecule has 0 atom stereocenters. The van der Waals surface area contributed by atoms with Crippen LogP contribution < -0.4 is 5.32 Å². The molecule has 1 aliphatic rings. The van der Waals surface area contributed by atoms with Gasteiger partial charge < -0.3 is 10.4 Å². The molecule has 2 N–H and O–H groups in total. The fraction of sp³-hybridized carbons (Fsp3) is 0.529. The van der Waals surface area contributed by atoms with Gasteiger partial charge in [0.2, 0.25) is 5.91 Å². The molecule has 0 radical (unpaired) electrons. The number of carboxylic acids is 1. The van der Waals surface area contributed by atoms with Crippen LogP contribution in [0.1, 0.15) is 31.9 Å². The van der Waals surface area contributed by atoms with Crippen molar-refractivity contribution in [2.75, 3.05) is 12.3 Å². The van der Waals surface area contributed by atoms with Gasteiger partial charge in [0.25, 0.3) is 0 Å². The van der Waals surface area contributed by atoms with Crippen molar-refractivity contribution in [3.05, 3.63) is 35.4 Å². The molecule has 1 aromatic carbocycles. The molecular weight excluding hydrogens is 298 g/mol. The number of benzene rings is 1. The number of carbonyl (C=O) groups excluding carboxylic acids is 1. The average Bonchev–Trinajstić information content (AvgIpc) is 2.81. The number of aliphatic carboxylic acids is 1. The van der Waals surface area contributed by atoms with Crippen LogP contribution in [0.25, 0.3) is 0 Å². The number of amides is 1. The van der Waals surface area contributed by atoms with Crippen LogP contribution in [0.5, 0.6) is 0 Å². The van der Waals surface area contributed by atoms with Crippen molar-refractivity contribution in [3.63, 3.8) is 0 Å². The van der Waals surface area contributed by atoms with E-state index < -0.39 is 11.4 Å². The Balaban J connectivity index is 2.19. The Morgan fingerprint density at radius 2 is 1.77 bits per heavy atom. The Hall–Kier alpha value is -1.49. The number of thioether (sulfide) groups is 1. The molecule has 0 saturated carbocycles. The number of hydrogen-bond donors (Lipinski definition) is 2. The Bertz CT molecular complexity index is 553. The fourth-order valence-electron chi connectivity index (χ4n) is 2.72. The van der Waals surface area contributed by atoms with Crippen molar-refractivity contribution in [1.82, 2.24) is 5.32 Å². The molecule has 0 fully saturated rings. The molecule has 0 heterocycles. The van der Waals surface area contributed by atoms with Crippen molar-refractivity contribution in [2.45, 2.75) is 38.4 Å². The van der Waals surface area contributed by atoms with E-state index in [2.05, 4.69) is 38.2 Å². The zero-order chi connectivity index (χ0) is 16.4. The monoisotopic (exact) mass is 321 g/mol. The summed E-state index contributed by atoms with van der Waals surface area (Å²) in [5.41, 5.74) is 1.85. The summed E-state index contributed by atoms with van der Waals surface area (Å²) in [7, 11) is 0. The minimum Gasteiger partial charge on any atom is -0.480 e. The number of rotatable bonds is 5. The SMILES string of the molecule is CC(C)(C)SCC1(C(=O)NCC(=O)O)Cc2ccccc2C1. The first-order valence-corrected chi connectivity index (χ1v) is 8.41. The van der Waals surface area contributed by atoms with E-state index in [1.165, 1.54) is 11.1 Å². The fourth-order valence-corrected chi connectivity index (χ4v) is 3.76. The second kappa shape index (κ2) is 6.32. The van der Waals surface area contributed by atoms with Crippen molar-refractivity contribution >= 4 is 23.6 Å². The van der Waals surface area contributed by atoms with Gasteiger partial charge in [0, 0.05) is 10.5 Å². The van der Waals surface area contributed by atoms with E-state index in [-0.39, 0.29) is 17.2 Å². The molecule has 0 bridgehead atoms. The predicted molar refractivity (Wildman–Crippen MR) is 89.1 cm³/mol. The highest BCUT2D eigenvalue weighted by Crippen LogP contribution is 2.42. The first kappa shape index (κ1) is 16.9. The van der Waals surface area contributed by atoms with Gasteiger partial charge in [-0.15, -0.1) is 0 Å². The summed E-state index contributed by atoms with van der Waals surface area (Å²) >= 11 is 1.75. The van der Waals surface area contributed by atoms with E-state index in [1.54, 1.807) is 11.8 Å². The van der Waals surface area contributed by atoms with Crippen LogP contribution in [-0.2, 0) is 22.4 Å². The highest BCUT2D eigenvalue weighted by molar-refractivity contribution is 8.00. The van der Waals surface area contributed by atoms with Crippen LogP contribution in [-0.4, -0.2) is 34.0 Å². The van der Waals surface area contributed by atoms with Crippen molar-refractivity contribution in [3.8, 4) is 0 Å². The molecule has 1 aromatic rings. The average molecular weight is 321 g/mol. The number of hydrogen-bond acceptors (Lipinski definition) is 3. The van der Waals surface area contributed by atoms with Gasteiger partial charge in [0.15, 0.2) is 0 Å². The third-order valence-electron chi connectivity index (χ3n) is 3.84. The molecule has 2 rings (SSSR count). The van der Waals surface area contributed by atoms with E-state index in [0.29, 0.717) is 18.6 Å². The summed E-state index contributed by atoms with van der Waals surface area (Å²) in [5.74, 6) is -0.471. The van der Waals surface area contributed by atoms with Gasteiger partial charge in [-0.05, 0) is 24.0 Å². The van der Waals surface area contributed by atoms with E-state index in [9.17, 15) is 9.59 Å². The quantitative estimate of drug-likeness (QED) is 0.874. The predicted octanol–water partition coefficient (Wildman–Crippen LogP) is 2.50. The number of fused-ring (bicyclic) bond motifs is 1. The summed E-state index contributed by atoms with van der Waals surface area (Å²) < 4.78 is 0.0643. The number of carboxylic acid groups (broad SMARTS) is 1. The first-order valence-electron chi connectivity index (χ1n) is 7.43. The molecule has 0 spiro atoms. The Morgan fingerprint density at radius 1 is 1.23 bits per heavy atom. The summed E-state index contributed by atoms with van der Waals surface area (Å²) in [6.45, 7) is 6.06. The summed E-state index contributed by atoms with van der Waals surface area (Å²) in [5, 5.41) is 11.4. The van der Waals surface area contributed by atoms with Gasteiger partial charge in [-0.3, -0.25) is 9.59 Å². The zero-order valence-corrected chi connectivity index (χ0v) is 14.1. The normalized spacial score (nSPS) is 16.1. The summed E-state index contributed by atoms with van der Waals surface area (Å²) in [6, 6.07) is 8.09. The maximum absolute atomic E-state index is 12.7. The molecule has 22 heavy (non-hydrogen) atoms.